The van der Waals surface area contributed by atoms with E-state index >= 15 is 0 Å². The van der Waals surface area contributed by atoms with E-state index in [1.807, 2.05) is 0 Å². The highest BCUT2D eigenvalue weighted by Crippen LogP contribution is 1.89. The number of aliphatic hydroxyl groups excluding tert-OH is 1. The minimum absolute atomic E-state index is 0.406. The summed E-state index contributed by atoms with van der Waals surface area (Å²) in [6, 6.07) is 0. The van der Waals surface area contributed by atoms with Gasteiger partial charge in [0.05, 0.1) is 12.7 Å². The summed E-state index contributed by atoms with van der Waals surface area (Å²) in [5.74, 6) is 0. The van der Waals surface area contributed by atoms with Crippen LogP contribution in [-0.2, 0) is 4.74 Å². The molecule has 3 heteroatoms. The van der Waals surface area contributed by atoms with Gasteiger partial charge in [0.1, 0.15) is 0 Å². The van der Waals surface area contributed by atoms with Crippen LogP contribution in [0.4, 0.5) is 0 Å². The van der Waals surface area contributed by atoms with Crippen molar-refractivity contribution in [2.45, 2.75) is 25.9 Å². The molecule has 0 aliphatic carbocycles. The third-order valence-corrected chi connectivity index (χ3v) is 1.62. The molecule has 0 saturated heterocycles. The van der Waals surface area contributed by atoms with Gasteiger partial charge < -0.3 is 15.2 Å². The van der Waals surface area contributed by atoms with Crippen LogP contribution in [0, 0.1) is 0 Å². The molecule has 0 aliphatic heterocycles. The van der Waals surface area contributed by atoms with Gasteiger partial charge in [-0.3, -0.25) is 0 Å². The van der Waals surface area contributed by atoms with Gasteiger partial charge in [-0.1, -0.05) is 19.4 Å². The van der Waals surface area contributed by atoms with Gasteiger partial charge in [-0.15, -0.1) is 6.58 Å². The number of unbranched alkanes of at least 4 members (excludes halogenated alkanes) is 1. The van der Waals surface area contributed by atoms with Crippen LogP contribution >= 0.6 is 0 Å². The zero-order chi connectivity index (χ0) is 9.94. The van der Waals surface area contributed by atoms with E-state index in [2.05, 4.69) is 18.8 Å². The van der Waals surface area contributed by atoms with Crippen LogP contribution < -0.4 is 5.32 Å². The molecule has 0 spiro atoms. The fraction of sp³-hybridized carbons (Fsp3) is 0.800. The Morgan fingerprint density at radius 3 is 3.00 bits per heavy atom. The Morgan fingerprint density at radius 1 is 1.62 bits per heavy atom. The Hall–Kier alpha value is -0.380. The van der Waals surface area contributed by atoms with Gasteiger partial charge >= 0.3 is 0 Å². The quantitative estimate of drug-likeness (QED) is 0.417. The van der Waals surface area contributed by atoms with Gasteiger partial charge in [0.2, 0.25) is 0 Å². The predicted molar refractivity (Wildman–Crippen MR) is 54.8 cm³/mol. The number of hydrogen-bond donors (Lipinski definition) is 2. The van der Waals surface area contributed by atoms with Crippen molar-refractivity contribution in [1.29, 1.82) is 0 Å². The smallest absolute Gasteiger partial charge is 0.0897 e. The van der Waals surface area contributed by atoms with Gasteiger partial charge in [-0.05, 0) is 6.42 Å². The van der Waals surface area contributed by atoms with Crippen LogP contribution in [0.25, 0.3) is 0 Å². The van der Waals surface area contributed by atoms with Gasteiger partial charge in [0.15, 0.2) is 0 Å². The molecule has 1 atom stereocenters. The number of aliphatic hydroxyl groups is 1. The molecule has 0 aromatic rings. The molecule has 0 aliphatic rings. The average Bonchev–Trinajstić information content (AvgIpc) is 2.13. The molecule has 0 amide bonds. The number of rotatable bonds is 9. The molecule has 0 radical (unpaired) electrons. The minimum Gasteiger partial charge on any atom is -0.389 e. The lowest BCUT2D eigenvalue weighted by atomic mass is 10.3. The molecule has 0 rings (SSSR count). The van der Waals surface area contributed by atoms with Crippen molar-refractivity contribution in [3.05, 3.63) is 12.7 Å². The highest BCUT2D eigenvalue weighted by Gasteiger charge is 2.01. The fourth-order valence-corrected chi connectivity index (χ4v) is 0.877. The Bertz CT molecular complexity index is 117. The van der Waals surface area contributed by atoms with Crippen molar-refractivity contribution in [2.24, 2.45) is 0 Å². The molecular formula is C10H21NO2. The topological polar surface area (TPSA) is 41.5 Å². The average molecular weight is 187 g/mol. The van der Waals surface area contributed by atoms with E-state index in [0.29, 0.717) is 13.2 Å². The second-order valence-electron chi connectivity index (χ2n) is 3.03. The molecule has 0 heterocycles. The Balaban J connectivity index is 3.09. The third-order valence-electron chi connectivity index (χ3n) is 1.62. The summed E-state index contributed by atoms with van der Waals surface area (Å²) < 4.78 is 5.25. The molecule has 78 valence electrons. The van der Waals surface area contributed by atoms with E-state index in [4.69, 9.17) is 4.74 Å². The highest BCUT2D eigenvalue weighted by atomic mass is 16.5. The van der Waals surface area contributed by atoms with Crippen molar-refractivity contribution >= 4 is 0 Å². The highest BCUT2D eigenvalue weighted by molar-refractivity contribution is 4.71. The van der Waals surface area contributed by atoms with Crippen molar-refractivity contribution < 1.29 is 9.84 Å². The molecular weight excluding hydrogens is 166 g/mol. The van der Waals surface area contributed by atoms with Crippen LogP contribution in [0.15, 0.2) is 12.7 Å². The van der Waals surface area contributed by atoms with Crippen molar-refractivity contribution in [3.63, 3.8) is 0 Å². The standard InChI is InChI=1S/C10H21NO2/c1-3-5-7-13-9-10(12)8-11-6-4-2/h4,10-12H,2-3,5-9H2,1H3. The number of hydrogen-bond acceptors (Lipinski definition) is 3. The SMILES string of the molecule is C=CCNCC(O)COCCCC. The zero-order valence-electron chi connectivity index (χ0n) is 8.46. The maximum absolute atomic E-state index is 9.35. The van der Waals surface area contributed by atoms with Crippen LogP contribution in [0.2, 0.25) is 0 Å². The molecule has 0 fully saturated rings. The summed E-state index contributed by atoms with van der Waals surface area (Å²) in [6.07, 6.45) is 3.55. The number of ether oxygens (including phenoxy) is 1. The molecule has 0 aromatic heterocycles. The van der Waals surface area contributed by atoms with E-state index < -0.39 is 6.10 Å². The maximum Gasteiger partial charge on any atom is 0.0897 e. The Labute approximate surface area is 80.8 Å². The summed E-state index contributed by atoms with van der Waals surface area (Å²) in [7, 11) is 0. The Morgan fingerprint density at radius 2 is 2.38 bits per heavy atom. The van der Waals surface area contributed by atoms with Gasteiger partial charge in [-0.2, -0.15) is 0 Å². The molecule has 0 aromatic carbocycles. The van der Waals surface area contributed by atoms with Crippen molar-refractivity contribution in [2.75, 3.05) is 26.3 Å². The lowest BCUT2D eigenvalue weighted by Gasteiger charge is -2.10. The second kappa shape index (κ2) is 9.71. The van der Waals surface area contributed by atoms with Crippen LogP contribution in [0.1, 0.15) is 19.8 Å². The van der Waals surface area contributed by atoms with Crippen LogP contribution in [0.5, 0.6) is 0 Å². The van der Waals surface area contributed by atoms with Gasteiger partial charge in [0.25, 0.3) is 0 Å². The summed E-state index contributed by atoms with van der Waals surface area (Å²) >= 11 is 0. The summed E-state index contributed by atoms with van der Waals surface area (Å²) in [4.78, 5) is 0. The molecule has 2 N–H and O–H groups in total. The summed E-state index contributed by atoms with van der Waals surface area (Å²) in [5, 5.41) is 12.4. The second-order valence-corrected chi connectivity index (χ2v) is 3.03. The monoisotopic (exact) mass is 187 g/mol. The molecule has 3 nitrogen and oxygen atoms in total. The number of nitrogens with one attached hydrogen (secondary N) is 1. The van der Waals surface area contributed by atoms with E-state index in [1.165, 1.54) is 0 Å². The minimum atomic E-state index is -0.406. The first-order chi connectivity index (χ1) is 6.31. The first-order valence-corrected chi connectivity index (χ1v) is 4.88. The molecule has 13 heavy (non-hydrogen) atoms. The van der Waals surface area contributed by atoms with E-state index in [0.717, 1.165) is 26.0 Å². The lowest BCUT2D eigenvalue weighted by Crippen LogP contribution is -2.30. The molecule has 1 unspecified atom stereocenters. The van der Waals surface area contributed by atoms with Gasteiger partial charge in [-0.25, -0.2) is 0 Å². The van der Waals surface area contributed by atoms with Gasteiger partial charge in [0, 0.05) is 19.7 Å². The lowest BCUT2D eigenvalue weighted by molar-refractivity contribution is 0.0364. The van der Waals surface area contributed by atoms with E-state index in [9.17, 15) is 5.11 Å². The third kappa shape index (κ3) is 9.53. The van der Waals surface area contributed by atoms with Crippen LogP contribution in [0.3, 0.4) is 0 Å². The van der Waals surface area contributed by atoms with E-state index in [1.54, 1.807) is 6.08 Å². The summed E-state index contributed by atoms with van der Waals surface area (Å²) in [5.41, 5.74) is 0. The normalized spacial score (nSPS) is 12.8. The van der Waals surface area contributed by atoms with Crippen LogP contribution in [-0.4, -0.2) is 37.5 Å². The largest absolute Gasteiger partial charge is 0.389 e. The van der Waals surface area contributed by atoms with E-state index in [-0.39, 0.29) is 0 Å². The first-order valence-electron chi connectivity index (χ1n) is 4.88. The molecule has 0 bridgehead atoms. The first kappa shape index (κ1) is 12.6. The Kier molecular flexibility index (Phi) is 9.42. The van der Waals surface area contributed by atoms with Crippen molar-refractivity contribution in [1.82, 2.24) is 5.32 Å². The van der Waals surface area contributed by atoms with Crippen molar-refractivity contribution in [3.8, 4) is 0 Å². The summed E-state index contributed by atoms with van der Waals surface area (Å²) in [6.45, 7) is 8.15. The molecule has 0 saturated carbocycles. The fourth-order valence-electron chi connectivity index (χ4n) is 0.877. The predicted octanol–water partition coefficient (Wildman–Crippen LogP) is 0.940. The maximum atomic E-state index is 9.35. The zero-order valence-corrected chi connectivity index (χ0v) is 8.46.